The summed E-state index contributed by atoms with van der Waals surface area (Å²) in [5.41, 5.74) is 2.37. The lowest BCUT2D eigenvalue weighted by Gasteiger charge is -2.08. The monoisotopic (exact) mass is 493 g/mol. The van der Waals surface area contributed by atoms with Crippen LogP contribution in [-0.4, -0.2) is 38.7 Å². The number of amides is 3. The maximum atomic E-state index is 10.8. The summed E-state index contributed by atoms with van der Waals surface area (Å²) in [5.74, 6) is 0.0394. The lowest BCUT2D eigenvalue weighted by atomic mass is 10.2. The molecule has 1 heterocycles. The van der Waals surface area contributed by atoms with E-state index in [1.165, 1.54) is 31.8 Å². The predicted molar refractivity (Wildman–Crippen MR) is 146 cm³/mol. The fourth-order valence-corrected chi connectivity index (χ4v) is 2.22. The van der Waals surface area contributed by atoms with Crippen molar-refractivity contribution in [1.29, 1.82) is 0 Å². The number of benzene rings is 1. The number of carbonyl (C=O) groups is 2. The molecule has 1 saturated heterocycles. The topological polar surface area (TPSA) is 79.5 Å². The molecule has 0 spiro atoms. The van der Waals surface area contributed by atoms with E-state index in [1.54, 1.807) is 19.2 Å². The van der Waals surface area contributed by atoms with E-state index >= 15 is 0 Å². The third kappa shape index (κ3) is 31.4. The van der Waals surface area contributed by atoms with E-state index < -0.39 is 0 Å². The number of ether oxygens (including phenoxy) is 1. The Balaban J connectivity index is -0.000000392. The Bertz CT molecular complexity index is 679. The first-order valence-corrected chi connectivity index (χ1v) is 11.8. The third-order valence-corrected chi connectivity index (χ3v) is 3.97. The highest BCUT2D eigenvalue weighted by Gasteiger charge is 1.96. The van der Waals surface area contributed by atoms with E-state index in [9.17, 15) is 9.59 Å². The SMILES string of the molecule is C#C.C/C=C/C=C(C)C.C1CCOCC1.CCNC(C)=O.CNC(=O)NCc1ccc(Cl)cc1. The third-order valence-electron chi connectivity index (χ3n) is 3.72. The van der Waals surface area contributed by atoms with Crippen molar-refractivity contribution in [1.82, 2.24) is 16.0 Å². The molecule has 6 nitrogen and oxygen atoms in total. The van der Waals surface area contributed by atoms with Gasteiger partial charge in [-0.2, -0.15) is 0 Å². The van der Waals surface area contributed by atoms with Crippen molar-refractivity contribution in [3.63, 3.8) is 0 Å². The van der Waals surface area contributed by atoms with Gasteiger partial charge in [-0.3, -0.25) is 4.79 Å². The van der Waals surface area contributed by atoms with Crippen molar-refractivity contribution in [3.8, 4) is 12.8 Å². The molecule has 0 saturated carbocycles. The molecule has 0 bridgehead atoms. The average molecular weight is 494 g/mol. The largest absolute Gasteiger partial charge is 0.381 e. The lowest BCUT2D eigenvalue weighted by Crippen LogP contribution is -2.32. The highest BCUT2D eigenvalue weighted by molar-refractivity contribution is 6.30. The molecule has 0 aliphatic carbocycles. The first-order valence-electron chi connectivity index (χ1n) is 11.4. The molecule has 0 aromatic heterocycles. The number of allylic oxidation sites excluding steroid dienone is 4. The van der Waals surface area contributed by atoms with Crippen LogP contribution >= 0.6 is 11.6 Å². The summed E-state index contributed by atoms with van der Waals surface area (Å²) >= 11 is 5.70. The Kier molecular flexibility index (Phi) is 29.8. The molecular weight excluding hydrogens is 450 g/mol. The van der Waals surface area contributed by atoms with Crippen LogP contribution in [-0.2, 0) is 16.1 Å². The quantitative estimate of drug-likeness (QED) is 0.362. The minimum atomic E-state index is -0.185. The Hall–Kier alpha value is -2.75. The molecule has 0 radical (unpaired) electrons. The van der Waals surface area contributed by atoms with Gasteiger partial charge in [-0.05, 0) is 64.7 Å². The lowest BCUT2D eigenvalue weighted by molar-refractivity contribution is -0.118. The van der Waals surface area contributed by atoms with Gasteiger partial charge in [-0.25, -0.2) is 4.79 Å². The zero-order chi connectivity index (χ0) is 26.6. The van der Waals surface area contributed by atoms with Crippen molar-refractivity contribution < 1.29 is 14.3 Å². The van der Waals surface area contributed by atoms with Gasteiger partial charge < -0.3 is 20.7 Å². The number of nitrogens with one attached hydrogen (secondary N) is 3. The zero-order valence-electron chi connectivity index (χ0n) is 21.7. The van der Waals surface area contributed by atoms with Gasteiger partial charge in [0.25, 0.3) is 0 Å². The summed E-state index contributed by atoms with van der Waals surface area (Å²) in [7, 11) is 1.58. The van der Waals surface area contributed by atoms with E-state index in [-0.39, 0.29) is 11.9 Å². The second-order valence-corrected chi connectivity index (χ2v) is 7.52. The number of terminal acetylenes is 1. The van der Waals surface area contributed by atoms with Gasteiger partial charge in [-0.15, -0.1) is 12.8 Å². The highest BCUT2D eigenvalue weighted by Crippen LogP contribution is 2.08. The average Bonchev–Trinajstić information content (AvgIpc) is 2.85. The molecule has 34 heavy (non-hydrogen) atoms. The number of rotatable bonds is 4. The molecule has 3 amide bonds. The predicted octanol–water partition coefficient (Wildman–Crippen LogP) is 5.88. The molecule has 0 atom stereocenters. The minimum Gasteiger partial charge on any atom is -0.381 e. The van der Waals surface area contributed by atoms with Crippen LogP contribution < -0.4 is 16.0 Å². The first kappa shape index (κ1) is 35.8. The van der Waals surface area contributed by atoms with Crippen molar-refractivity contribution in [2.45, 2.75) is 60.4 Å². The van der Waals surface area contributed by atoms with Crippen LogP contribution in [0.25, 0.3) is 0 Å². The molecule has 1 aromatic rings. The van der Waals surface area contributed by atoms with E-state index in [4.69, 9.17) is 16.3 Å². The Morgan fingerprint density at radius 1 is 1.03 bits per heavy atom. The van der Waals surface area contributed by atoms with Gasteiger partial charge >= 0.3 is 6.03 Å². The smallest absolute Gasteiger partial charge is 0.314 e. The number of halogens is 1. The van der Waals surface area contributed by atoms with Gasteiger partial charge in [0.05, 0.1) is 0 Å². The fraction of sp³-hybridized carbons (Fsp3) is 0.481. The van der Waals surface area contributed by atoms with Crippen LogP contribution in [0.3, 0.4) is 0 Å². The number of hydrogen-bond donors (Lipinski definition) is 3. The van der Waals surface area contributed by atoms with Crippen molar-refractivity contribution in [2.24, 2.45) is 0 Å². The Morgan fingerprint density at radius 2 is 1.59 bits per heavy atom. The van der Waals surface area contributed by atoms with E-state index in [0.29, 0.717) is 11.6 Å². The first-order chi connectivity index (χ1) is 16.3. The van der Waals surface area contributed by atoms with Crippen molar-refractivity contribution >= 4 is 23.5 Å². The normalized spacial score (nSPS) is 11.2. The molecule has 1 aliphatic heterocycles. The molecular formula is C27H44ClN3O3. The Morgan fingerprint density at radius 3 is 1.85 bits per heavy atom. The summed E-state index contributed by atoms with van der Waals surface area (Å²) in [5, 5.41) is 8.41. The van der Waals surface area contributed by atoms with Crippen LogP contribution in [0, 0.1) is 12.8 Å². The zero-order valence-corrected chi connectivity index (χ0v) is 22.5. The molecule has 3 N–H and O–H groups in total. The van der Waals surface area contributed by atoms with Crippen LogP contribution in [0.5, 0.6) is 0 Å². The van der Waals surface area contributed by atoms with E-state index in [0.717, 1.165) is 25.3 Å². The van der Waals surface area contributed by atoms with Gasteiger partial charge in [-0.1, -0.05) is 47.5 Å². The summed E-state index contributed by atoms with van der Waals surface area (Å²) in [4.78, 5) is 20.7. The van der Waals surface area contributed by atoms with Crippen molar-refractivity contribution in [3.05, 3.63) is 58.7 Å². The molecule has 2 rings (SSSR count). The summed E-state index contributed by atoms with van der Waals surface area (Å²) in [6, 6.07) is 7.15. The fourth-order valence-electron chi connectivity index (χ4n) is 2.10. The van der Waals surface area contributed by atoms with Crippen LogP contribution in [0.2, 0.25) is 5.02 Å². The Labute approximate surface area is 212 Å². The molecule has 1 aliphatic rings. The van der Waals surface area contributed by atoms with Crippen LogP contribution in [0.15, 0.2) is 48.1 Å². The van der Waals surface area contributed by atoms with Gasteiger partial charge in [0.1, 0.15) is 0 Å². The summed E-state index contributed by atoms with van der Waals surface area (Å²) in [6.45, 7) is 12.8. The van der Waals surface area contributed by atoms with Gasteiger partial charge in [0, 0.05) is 45.3 Å². The molecule has 192 valence electrons. The standard InChI is InChI=1S/C9H11ClN2O.C7H12.C5H10O.C4H9NO.C2H2/c1-11-9(13)12-6-7-2-4-8(10)5-3-7;1-4-5-6-7(2)3;1-2-4-6-5-3-1;1-3-5-4(2)6;1-2/h2-5H,6H2,1H3,(H2,11,12,13);4-6H,1-3H3;1-5H2;3H2,1-2H3,(H,5,6);1-2H/b;5-4+;;;. The molecule has 1 aromatic carbocycles. The van der Waals surface area contributed by atoms with Gasteiger partial charge in [0.15, 0.2) is 0 Å². The summed E-state index contributed by atoms with van der Waals surface area (Å²) in [6.07, 6.45) is 18.1. The van der Waals surface area contributed by atoms with Crippen molar-refractivity contribution in [2.75, 3.05) is 26.8 Å². The van der Waals surface area contributed by atoms with E-state index in [2.05, 4.69) is 48.7 Å². The van der Waals surface area contributed by atoms with Gasteiger partial charge in [0.2, 0.25) is 5.91 Å². The second-order valence-electron chi connectivity index (χ2n) is 7.09. The number of hydrogen-bond acceptors (Lipinski definition) is 3. The highest BCUT2D eigenvalue weighted by atomic mass is 35.5. The van der Waals surface area contributed by atoms with Crippen LogP contribution in [0.1, 0.15) is 59.4 Å². The molecule has 0 unspecified atom stereocenters. The maximum absolute atomic E-state index is 10.8. The van der Waals surface area contributed by atoms with Crippen LogP contribution in [0.4, 0.5) is 4.79 Å². The number of carbonyl (C=O) groups excluding carboxylic acids is 2. The summed E-state index contributed by atoms with van der Waals surface area (Å²) < 4.78 is 5.07. The minimum absolute atomic E-state index is 0.0394. The second kappa shape index (κ2) is 28.3. The molecule has 1 fully saturated rings. The number of urea groups is 1. The maximum Gasteiger partial charge on any atom is 0.314 e. The van der Waals surface area contributed by atoms with E-state index in [1.807, 2.05) is 38.1 Å². The molecule has 7 heteroatoms.